The molecule has 0 saturated heterocycles. The largest absolute Gasteiger partial charge is 0.465 e. The molecule has 4 nitrogen and oxygen atoms in total. The molecule has 2 rings (SSSR count). The highest BCUT2D eigenvalue weighted by molar-refractivity contribution is 9.10. The molecule has 1 aromatic heterocycles. The van der Waals surface area contributed by atoms with E-state index in [0.29, 0.717) is 17.0 Å². The van der Waals surface area contributed by atoms with Crippen molar-refractivity contribution in [2.45, 2.75) is 20.8 Å². The summed E-state index contributed by atoms with van der Waals surface area (Å²) in [5, 5.41) is 4.02. The summed E-state index contributed by atoms with van der Waals surface area (Å²) in [6.45, 7) is 5.64. The van der Waals surface area contributed by atoms with Crippen LogP contribution in [0.5, 0.6) is 0 Å². The zero-order valence-corrected chi connectivity index (χ0v) is 12.8. The molecule has 0 bridgehead atoms. The molecule has 2 aromatic rings. The minimum absolute atomic E-state index is 0.385. The van der Waals surface area contributed by atoms with Crippen molar-refractivity contribution in [2.75, 3.05) is 7.11 Å². The fraction of sp³-hybridized carbons (Fsp3) is 0.286. The van der Waals surface area contributed by atoms with Gasteiger partial charge < -0.3 is 9.26 Å². The van der Waals surface area contributed by atoms with Gasteiger partial charge in [0.25, 0.3) is 0 Å². The summed E-state index contributed by atoms with van der Waals surface area (Å²) in [7, 11) is 1.35. The standard InChI is InChI=1S/C14H14BrNO3/c1-7-5-10(15)6-8(2)11(7)13-12(14(17)18-4)9(3)19-16-13/h5-6H,1-4H3. The van der Waals surface area contributed by atoms with E-state index in [0.717, 1.165) is 21.2 Å². The SMILES string of the molecule is COC(=O)c1c(-c2c(C)cc(Br)cc2C)noc1C. The summed E-state index contributed by atoms with van der Waals surface area (Å²) in [6.07, 6.45) is 0. The van der Waals surface area contributed by atoms with Crippen molar-refractivity contribution in [1.82, 2.24) is 5.16 Å². The summed E-state index contributed by atoms with van der Waals surface area (Å²) < 4.78 is 10.9. The number of carbonyl (C=O) groups is 1. The van der Waals surface area contributed by atoms with Gasteiger partial charge in [-0.25, -0.2) is 4.79 Å². The number of methoxy groups -OCH3 is 1. The highest BCUT2D eigenvalue weighted by Gasteiger charge is 2.24. The molecule has 1 aromatic carbocycles. The number of benzene rings is 1. The van der Waals surface area contributed by atoms with Crippen LogP contribution >= 0.6 is 15.9 Å². The maximum atomic E-state index is 11.8. The van der Waals surface area contributed by atoms with E-state index in [4.69, 9.17) is 9.26 Å². The molecule has 0 atom stereocenters. The third-order valence-corrected chi connectivity index (χ3v) is 3.44. The van der Waals surface area contributed by atoms with E-state index in [-0.39, 0.29) is 0 Å². The van der Waals surface area contributed by atoms with Gasteiger partial charge in [0.05, 0.1) is 7.11 Å². The Morgan fingerprint density at radius 2 is 1.84 bits per heavy atom. The molecule has 0 radical (unpaired) electrons. The van der Waals surface area contributed by atoms with Gasteiger partial charge in [-0.3, -0.25) is 0 Å². The molecule has 0 aliphatic rings. The van der Waals surface area contributed by atoms with Crippen molar-refractivity contribution in [3.8, 4) is 11.3 Å². The molecule has 0 aliphatic carbocycles. The Bertz CT molecular complexity index is 623. The summed E-state index contributed by atoms with van der Waals surface area (Å²) in [5.41, 5.74) is 3.86. The van der Waals surface area contributed by atoms with Crippen LogP contribution in [0, 0.1) is 20.8 Å². The van der Waals surface area contributed by atoms with Gasteiger partial charge >= 0.3 is 5.97 Å². The zero-order chi connectivity index (χ0) is 14.2. The molecule has 0 spiro atoms. The number of nitrogens with zero attached hydrogens (tertiary/aromatic N) is 1. The first-order chi connectivity index (χ1) is 8.95. The Hall–Kier alpha value is -1.62. The van der Waals surface area contributed by atoms with Crippen LogP contribution in [0.25, 0.3) is 11.3 Å². The molecule has 5 heteroatoms. The fourth-order valence-corrected chi connectivity index (χ4v) is 2.86. The van der Waals surface area contributed by atoms with Crippen LogP contribution in [0.2, 0.25) is 0 Å². The minimum atomic E-state index is -0.435. The van der Waals surface area contributed by atoms with E-state index < -0.39 is 5.97 Å². The van der Waals surface area contributed by atoms with Crippen LogP contribution in [0.4, 0.5) is 0 Å². The van der Waals surface area contributed by atoms with Gasteiger partial charge in [0.2, 0.25) is 0 Å². The van der Waals surface area contributed by atoms with Gasteiger partial charge in [0.15, 0.2) is 0 Å². The smallest absolute Gasteiger partial charge is 0.343 e. The second-order valence-electron chi connectivity index (χ2n) is 4.37. The number of aromatic nitrogens is 1. The third kappa shape index (κ3) is 2.42. The lowest BCUT2D eigenvalue weighted by Gasteiger charge is -2.09. The molecule has 0 saturated carbocycles. The molecule has 1 heterocycles. The lowest BCUT2D eigenvalue weighted by Crippen LogP contribution is -2.04. The first kappa shape index (κ1) is 13.8. The van der Waals surface area contributed by atoms with E-state index in [1.165, 1.54) is 7.11 Å². The van der Waals surface area contributed by atoms with Gasteiger partial charge in [-0.15, -0.1) is 0 Å². The van der Waals surface area contributed by atoms with E-state index in [1.807, 2.05) is 26.0 Å². The minimum Gasteiger partial charge on any atom is -0.465 e. The van der Waals surface area contributed by atoms with Crippen molar-refractivity contribution in [3.63, 3.8) is 0 Å². The topological polar surface area (TPSA) is 52.3 Å². The summed E-state index contributed by atoms with van der Waals surface area (Å²) in [6, 6.07) is 3.96. The average molecular weight is 324 g/mol. The molecule has 0 unspecified atom stereocenters. The average Bonchev–Trinajstić information content (AvgIpc) is 2.69. The number of hydrogen-bond donors (Lipinski definition) is 0. The monoisotopic (exact) mass is 323 g/mol. The van der Waals surface area contributed by atoms with Gasteiger partial charge in [-0.05, 0) is 44.0 Å². The fourth-order valence-electron chi connectivity index (χ4n) is 2.17. The van der Waals surface area contributed by atoms with E-state index in [2.05, 4.69) is 21.1 Å². The van der Waals surface area contributed by atoms with Crippen molar-refractivity contribution in [1.29, 1.82) is 0 Å². The van der Waals surface area contributed by atoms with Gasteiger partial charge in [0, 0.05) is 10.0 Å². The van der Waals surface area contributed by atoms with E-state index >= 15 is 0 Å². The number of rotatable bonds is 2. The van der Waals surface area contributed by atoms with Crippen LogP contribution in [-0.2, 0) is 4.74 Å². The Morgan fingerprint density at radius 3 is 2.37 bits per heavy atom. The first-order valence-corrected chi connectivity index (χ1v) is 6.56. The van der Waals surface area contributed by atoms with E-state index in [9.17, 15) is 4.79 Å². The van der Waals surface area contributed by atoms with Gasteiger partial charge in [-0.2, -0.15) is 0 Å². The second-order valence-corrected chi connectivity index (χ2v) is 5.28. The maximum absolute atomic E-state index is 11.8. The number of ether oxygens (including phenoxy) is 1. The van der Waals surface area contributed by atoms with Crippen molar-refractivity contribution in [3.05, 3.63) is 39.1 Å². The van der Waals surface area contributed by atoms with Gasteiger partial charge in [-0.1, -0.05) is 21.1 Å². The molecule has 0 aliphatic heterocycles. The molecule has 0 N–H and O–H groups in total. The normalized spacial score (nSPS) is 10.6. The van der Waals surface area contributed by atoms with Crippen molar-refractivity contribution >= 4 is 21.9 Å². The Balaban J connectivity index is 2.70. The van der Waals surface area contributed by atoms with Gasteiger partial charge in [0.1, 0.15) is 17.0 Å². The van der Waals surface area contributed by atoms with Crippen molar-refractivity contribution < 1.29 is 14.1 Å². The lowest BCUT2D eigenvalue weighted by molar-refractivity contribution is 0.0599. The Kier molecular flexibility index (Phi) is 3.75. The second kappa shape index (κ2) is 5.17. The summed E-state index contributed by atoms with van der Waals surface area (Å²) in [5.74, 6) is 0.0269. The molecule has 100 valence electrons. The van der Waals surface area contributed by atoms with E-state index in [1.54, 1.807) is 6.92 Å². The molecule has 0 fully saturated rings. The molecular formula is C14H14BrNO3. The molecule has 19 heavy (non-hydrogen) atoms. The predicted octanol–water partition coefficient (Wildman–Crippen LogP) is 3.82. The highest BCUT2D eigenvalue weighted by atomic mass is 79.9. The van der Waals surface area contributed by atoms with Crippen molar-refractivity contribution in [2.24, 2.45) is 0 Å². The Labute approximate surface area is 119 Å². The van der Waals surface area contributed by atoms with Crippen LogP contribution < -0.4 is 0 Å². The number of halogens is 1. The van der Waals surface area contributed by atoms with Crippen LogP contribution in [0.15, 0.2) is 21.1 Å². The first-order valence-electron chi connectivity index (χ1n) is 5.77. The van der Waals surface area contributed by atoms with Crippen LogP contribution in [-0.4, -0.2) is 18.2 Å². The lowest BCUT2D eigenvalue weighted by atomic mass is 9.97. The van der Waals surface area contributed by atoms with Crippen LogP contribution in [0.1, 0.15) is 27.2 Å². The summed E-state index contributed by atoms with van der Waals surface area (Å²) in [4.78, 5) is 11.8. The third-order valence-electron chi connectivity index (χ3n) is 2.99. The number of esters is 1. The number of hydrogen-bond acceptors (Lipinski definition) is 4. The van der Waals surface area contributed by atoms with Crippen LogP contribution in [0.3, 0.4) is 0 Å². The quantitative estimate of drug-likeness (QED) is 0.788. The number of carbonyl (C=O) groups excluding carboxylic acids is 1. The number of aryl methyl sites for hydroxylation is 3. The zero-order valence-electron chi connectivity index (χ0n) is 11.2. The highest BCUT2D eigenvalue weighted by Crippen LogP contribution is 2.33. The molecular weight excluding hydrogens is 310 g/mol. The maximum Gasteiger partial charge on any atom is 0.343 e. The predicted molar refractivity (Wildman–Crippen MR) is 75.2 cm³/mol. The molecule has 0 amide bonds. The Morgan fingerprint density at radius 1 is 1.26 bits per heavy atom. The summed E-state index contributed by atoms with van der Waals surface area (Å²) >= 11 is 3.45.